The van der Waals surface area contributed by atoms with E-state index in [2.05, 4.69) is 10.6 Å². The van der Waals surface area contributed by atoms with Crippen molar-refractivity contribution in [2.75, 3.05) is 27.7 Å². The zero-order chi connectivity index (χ0) is 20.2. The third-order valence-corrected chi connectivity index (χ3v) is 4.81. The summed E-state index contributed by atoms with van der Waals surface area (Å²) in [4.78, 5) is 23.4. The molecular weight excluding hydrogens is 366 g/mol. The number of hydrogen-bond donors (Lipinski definition) is 2. The molecular formula is C19H23N3O4S. The van der Waals surface area contributed by atoms with Gasteiger partial charge in [0.25, 0.3) is 0 Å². The highest BCUT2D eigenvalue weighted by molar-refractivity contribution is 7.92. The summed E-state index contributed by atoms with van der Waals surface area (Å²) in [6.07, 6.45) is 1.07. The van der Waals surface area contributed by atoms with E-state index in [4.69, 9.17) is 0 Å². The van der Waals surface area contributed by atoms with E-state index in [1.165, 1.54) is 6.92 Å². The topological polar surface area (TPSA) is 95.6 Å². The number of amides is 2. The molecule has 0 aliphatic carbocycles. The van der Waals surface area contributed by atoms with Crippen molar-refractivity contribution in [2.24, 2.45) is 0 Å². The van der Waals surface area contributed by atoms with Gasteiger partial charge in [-0.2, -0.15) is 0 Å². The molecule has 0 spiro atoms. The van der Waals surface area contributed by atoms with Gasteiger partial charge in [0.2, 0.25) is 21.8 Å². The summed E-state index contributed by atoms with van der Waals surface area (Å²) in [5, 5.41) is 5.30. The van der Waals surface area contributed by atoms with Crippen molar-refractivity contribution in [3.63, 3.8) is 0 Å². The fourth-order valence-corrected chi connectivity index (χ4v) is 3.51. The minimum atomic E-state index is -3.63. The van der Waals surface area contributed by atoms with Crippen LogP contribution in [0.15, 0.2) is 42.5 Å². The minimum Gasteiger partial charge on any atom is -0.326 e. The van der Waals surface area contributed by atoms with E-state index in [1.54, 1.807) is 36.4 Å². The van der Waals surface area contributed by atoms with Crippen molar-refractivity contribution < 1.29 is 18.0 Å². The molecule has 0 saturated carbocycles. The molecule has 2 amide bonds. The van der Waals surface area contributed by atoms with Crippen LogP contribution >= 0.6 is 0 Å². The first-order valence-corrected chi connectivity index (χ1v) is 10.1. The van der Waals surface area contributed by atoms with Gasteiger partial charge in [0.05, 0.1) is 11.9 Å². The Labute approximate surface area is 159 Å². The lowest BCUT2D eigenvalue weighted by molar-refractivity contribution is -0.115. The summed E-state index contributed by atoms with van der Waals surface area (Å²) >= 11 is 0. The third-order valence-electron chi connectivity index (χ3n) is 3.67. The van der Waals surface area contributed by atoms with Crippen molar-refractivity contribution >= 4 is 38.9 Å². The molecule has 2 aromatic rings. The summed E-state index contributed by atoms with van der Waals surface area (Å²) < 4.78 is 25.5. The van der Waals surface area contributed by atoms with E-state index in [0.717, 1.165) is 21.7 Å². The molecule has 0 heterocycles. The van der Waals surface area contributed by atoms with Crippen LogP contribution < -0.4 is 14.9 Å². The normalized spacial score (nSPS) is 11.0. The zero-order valence-electron chi connectivity index (χ0n) is 15.7. The van der Waals surface area contributed by atoms with Gasteiger partial charge in [-0.25, -0.2) is 8.42 Å². The maximum Gasteiger partial charge on any atom is 0.245 e. The standard InChI is InChI=1S/C19H23N3O4S/c1-13-9-14(2)11-18(10-13)22(27(4,25)26)12-19(24)21-17-7-5-16(6-8-17)20-15(3)23/h5-11H,12H2,1-4H3,(H,20,23)(H,21,24). The first kappa shape index (κ1) is 20.4. The Bertz CT molecular complexity index is 933. The van der Waals surface area contributed by atoms with Gasteiger partial charge < -0.3 is 10.6 Å². The van der Waals surface area contributed by atoms with Crippen LogP contribution in [-0.4, -0.2) is 33.0 Å². The number of benzene rings is 2. The van der Waals surface area contributed by atoms with Gasteiger partial charge in [0, 0.05) is 18.3 Å². The van der Waals surface area contributed by atoms with Crippen LogP contribution in [0.4, 0.5) is 17.1 Å². The second-order valence-electron chi connectivity index (χ2n) is 6.42. The van der Waals surface area contributed by atoms with Crippen LogP contribution in [0.2, 0.25) is 0 Å². The molecule has 2 N–H and O–H groups in total. The Morgan fingerprint density at radius 1 is 0.926 bits per heavy atom. The predicted octanol–water partition coefficient (Wildman–Crippen LogP) is 2.67. The number of aryl methyl sites for hydroxylation is 2. The fourth-order valence-electron chi connectivity index (χ4n) is 2.67. The number of anilines is 3. The zero-order valence-corrected chi connectivity index (χ0v) is 16.6. The number of rotatable bonds is 6. The van der Waals surface area contributed by atoms with Gasteiger partial charge >= 0.3 is 0 Å². The smallest absolute Gasteiger partial charge is 0.245 e. The second kappa shape index (κ2) is 8.22. The maximum absolute atomic E-state index is 12.4. The highest BCUT2D eigenvalue weighted by atomic mass is 32.2. The third kappa shape index (κ3) is 6.10. The Hall–Kier alpha value is -2.87. The second-order valence-corrected chi connectivity index (χ2v) is 8.33. The maximum atomic E-state index is 12.4. The Morgan fingerprint density at radius 2 is 1.41 bits per heavy atom. The summed E-state index contributed by atoms with van der Waals surface area (Å²) in [7, 11) is -3.63. The molecule has 0 saturated heterocycles. The van der Waals surface area contributed by atoms with Gasteiger partial charge in [-0.15, -0.1) is 0 Å². The van der Waals surface area contributed by atoms with Crippen LogP contribution in [0.3, 0.4) is 0 Å². The number of sulfonamides is 1. The number of nitrogens with one attached hydrogen (secondary N) is 2. The molecule has 2 aromatic carbocycles. The molecule has 0 aromatic heterocycles. The lowest BCUT2D eigenvalue weighted by Crippen LogP contribution is -2.37. The molecule has 8 heteroatoms. The molecule has 7 nitrogen and oxygen atoms in total. The monoisotopic (exact) mass is 389 g/mol. The molecule has 144 valence electrons. The molecule has 0 bridgehead atoms. The van der Waals surface area contributed by atoms with Gasteiger partial charge in [0.1, 0.15) is 6.54 Å². The van der Waals surface area contributed by atoms with Crippen molar-refractivity contribution in [2.45, 2.75) is 20.8 Å². The number of carbonyl (C=O) groups is 2. The average Bonchev–Trinajstić information content (AvgIpc) is 2.52. The molecule has 27 heavy (non-hydrogen) atoms. The number of carbonyl (C=O) groups excluding carboxylic acids is 2. The average molecular weight is 389 g/mol. The molecule has 2 rings (SSSR count). The van der Waals surface area contributed by atoms with Crippen LogP contribution in [0.5, 0.6) is 0 Å². The summed E-state index contributed by atoms with van der Waals surface area (Å²) in [5.41, 5.74) is 3.38. The van der Waals surface area contributed by atoms with Crippen molar-refractivity contribution in [3.05, 3.63) is 53.6 Å². The molecule has 0 atom stereocenters. The minimum absolute atomic E-state index is 0.191. The molecule has 0 aliphatic rings. The van der Waals surface area contributed by atoms with E-state index in [1.807, 2.05) is 19.9 Å². The van der Waals surface area contributed by atoms with Crippen LogP contribution in [-0.2, 0) is 19.6 Å². The molecule has 0 radical (unpaired) electrons. The van der Waals surface area contributed by atoms with Crippen molar-refractivity contribution in [3.8, 4) is 0 Å². The predicted molar refractivity (Wildman–Crippen MR) is 107 cm³/mol. The lowest BCUT2D eigenvalue weighted by Gasteiger charge is -2.23. The number of nitrogens with zero attached hydrogens (tertiary/aromatic N) is 1. The lowest BCUT2D eigenvalue weighted by atomic mass is 10.1. The Kier molecular flexibility index (Phi) is 6.22. The van der Waals surface area contributed by atoms with Gasteiger partial charge in [-0.3, -0.25) is 13.9 Å². The van der Waals surface area contributed by atoms with E-state index in [-0.39, 0.29) is 12.5 Å². The molecule has 0 fully saturated rings. The first-order valence-electron chi connectivity index (χ1n) is 8.28. The van der Waals surface area contributed by atoms with Crippen LogP contribution in [0.1, 0.15) is 18.1 Å². The van der Waals surface area contributed by atoms with E-state index >= 15 is 0 Å². The van der Waals surface area contributed by atoms with E-state index < -0.39 is 15.9 Å². The highest BCUT2D eigenvalue weighted by Gasteiger charge is 2.21. The Balaban J connectivity index is 2.16. The largest absolute Gasteiger partial charge is 0.326 e. The molecule has 0 aliphatic heterocycles. The first-order chi connectivity index (χ1) is 12.5. The van der Waals surface area contributed by atoms with Crippen LogP contribution in [0.25, 0.3) is 0 Å². The summed E-state index contributed by atoms with van der Waals surface area (Å²) in [6, 6.07) is 11.9. The Morgan fingerprint density at radius 3 is 1.85 bits per heavy atom. The van der Waals surface area contributed by atoms with E-state index in [0.29, 0.717) is 17.1 Å². The van der Waals surface area contributed by atoms with Gasteiger partial charge in [-0.05, 0) is 61.4 Å². The summed E-state index contributed by atoms with van der Waals surface area (Å²) in [6.45, 7) is 4.80. The van der Waals surface area contributed by atoms with Gasteiger partial charge in [-0.1, -0.05) is 6.07 Å². The van der Waals surface area contributed by atoms with Gasteiger partial charge in [0.15, 0.2) is 0 Å². The quantitative estimate of drug-likeness (QED) is 0.794. The van der Waals surface area contributed by atoms with Crippen molar-refractivity contribution in [1.82, 2.24) is 0 Å². The number of hydrogen-bond acceptors (Lipinski definition) is 4. The SMILES string of the molecule is CC(=O)Nc1ccc(NC(=O)CN(c2cc(C)cc(C)c2)S(C)(=O)=O)cc1. The van der Waals surface area contributed by atoms with Crippen molar-refractivity contribution in [1.29, 1.82) is 0 Å². The van der Waals surface area contributed by atoms with E-state index in [9.17, 15) is 18.0 Å². The molecule has 0 unspecified atom stereocenters. The summed E-state index contributed by atoms with van der Waals surface area (Å²) in [5.74, 6) is -0.657. The highest BCUT2D eigenvalue weighted by Crippen LogP contribution is 2.21. The fraction of sp³-hybridized carbons (Fsp3) is 0.263. The van der Waals surface area contributed by atoms with Crippen LogP contribution in [0, 0.1) is 13.8 Å².